The van der Waals surface area contributed by atoms with Crippen molar-refractivity contribution in [3.8, 4) is 11.1 Å². The lowest BCUT2D eigenvalue weighted by Crippen LogP contribution is -1.81. The van der Waals surface area contributed by atoms with E-state index in [1.54, 1.807) is 0 Å². The molecular weight excluding hydrogens is 170 g/mol. The first-order chi connectivity index (χ1) is 6.77. The fourth-order valence-electron chi connectivity index (χ4n) is 1.55. The van der Waals surface area contributed by atoms with Crippen molar-refractivity contribution in [2.75, 3.05) is 0 Å². The number of benzene rings is 2. The van der Waals surface area contributed by atoms with Crippen LogP contribution in [0.15, 0.2) is 48.5 Å². The molecule has 0 aliphatic carbocycles. The smallest absolute Gasteiger partial charge is 0.0540 e. The van der Waals surface area contributed by atoms with Gasteiger partial charge in [0.2, 0.25) is 0 Å². The average molecular weight is 182 g/mol. The molecule has 1 nitrogen and oxygen atoms in total. The molecule has 0 amide bonds. The number of hydrogen-bond acceptors (Lipinski definition) is 0. The van der Waals surface area contributed by atoms with Crippen LogP contribution >= 0.6 is 0 Å². The van der Waals surface area contributed by atoms with E-state index in [9.17, 15) is 0 Å². The normalized spacial score (nSPS) is 10.1. The van der Waals surface area contributed by atoms with Gasteiger partial charge in [0.15, 0.2) is 0 Å². The van der Waals surface area contributed by atoms with E-state index < -0.39 is 0 Å². The van der Waals surface area contributed by atoms with Crippen LogP contribution in [0.5, 0.6) is 0 Å². The van der Waals surface area contributed by atoms with Gasteiger partial charge in [0, 0.05) is 0 Å². The van der Waals surface area contributed by atoms with Crippen LogP contribution in [0.25, 0.3) is 11.1 Å². The van der Waals surface area contributed by atoms with Gasteiger partial charge in [-0.25, -0.2) is 0 Å². The Morgan fingerprint density at radius 2 is 1.50 bits per heavy atom. The van der Waals surface area contributed by atoms with Crippen LogP contribution < -0.4 is 5.73 Å². The summed E-state index contributed by atoms with van der Waals surface area (Å²) in [6.45, 7) is 2.10. The highest BCUT2D eigenvalue weighted by atomic mass is 14.5. The quantitative estimate of drug-likeness (QED) is 0.643. The molecule has 0 saturated carbocycles. The molecule has 0 spiro atoms. The van der Waals surface area contributed by atoms with E-state index in [2.05, 4.69) is 19.1 Å². The molecule has 0 bridgehead atoms. The summed E-state index contributed by atoms with van der Waals surface area (Å²) in [6, 6.07) is 15.9. The molecule has 1 N–H and O–H groups in total. The van der Waals surface area contributed by atoms with Gasteiger partial charge in [0.05, 0.1) is 5.69 Å². The summed E-state index contributed by atoms with van der Waals surface area (Å²) >= 11 is 0. The maximum absolute atomic E-state index is 7.41. The van der Waals surface area contributed by atoms with E-state index in [4.69, 9.17) is 5.73 Å². The number of nitrogens with one attached hydrogen (secondary N) is 1. The summed E-state index contributed by atoms with van der Waals surface area (Å²) in [7, 11) is 0. The van der Waals surface area contributed by atoms with Gasteiger partial charge in [-0.15, -0.1) is 0 Å². The van der Waals surface area contributed by atoms with Gasteiger partial charge >= 0.3 is 0 Å². The van der Waals surface area contributed by atoms with Gasteiger partial charge in [-0.3, -0.25) is 0 Å². The maximum Gasteiger partial charge on any atom is 0.0540 e. The molecule has 2 aromatic carbocycles. The van der Waals surface area contributed by atoms with Crippen molar-refractivity contribution in [1.82, 2.24) is 5.73 Å². The second-order valence-corrected chi connectivity index (χ2v) is 3.39. The molecular formula is C13H12N. The molecule has 2 aromatic rings. The van der Waals surface area contributed by atoms with Crippen molar-refractivity contribution >= 4 is 5.69 Å². The van der Waals surface area contributed by atoms with E-state index in [-0.39, 0.29) is 0 Å². The molecule has 0 fully saturated rings. The second-order valence-electron chi connectivity index (χ2n) is 3.39. The lowest BCUT2D eigenvalue weighted by atomic mass is 10.0. The van der Waals surface area contributed by atoms with Crippen LogP contribution in [-0.4, -0.2) is 0 Å². The Morgan fingerprint density at radius 3 is 2.14 bits per heavy atom. The Hall–Kier alpha value is -1.76. The van der Waals surface area contributed by atoms with Crippen molar-refractivity contribution in [1.29, 1.82) is 0 Å². The van der Waals surface area contributed by atoms with E-state index in [1.807, 2.05) is 36.4 Å². The molecule has 0 unspecified atom stereocenters. The maximum atomic E-state index is 7.41. The third kappa shape index (κ3) is 1.62. The van der Waals surface area contributed by atoms with Crippen LogP contribution in [0, 0.1) is 6.92 Å². The Bertz CT molecular complexity index is 429. The molecule has 69 valence electrons. The highest BCUT2D eigenvalue weighted by Gasteiger charge is 1.99. The first-order valence-electron chi connectivity index (χ1n) is 4.65. The van der Waals surface area contributed by atoms with Gasteiger partial charge in [-0.1, -0.05) is 36.4 Å². The third-order valence-corrected chi connectivity index (χ3v) is 2.34. The predicted octanol–water partition coefficient (Wildman–Crippen LogP) is 3.58. The van der Waals surface area contributed by atoms with Crippen molar-refractivity contribution in [3.63, 3.8) is 0 Å². The predicted molar refractivity (Wildman–Crippen MR) is 59.4 cm³/mol. The van der Waals surface area contributed by atoms with Crippen LogP contribution in [0.2, 0.25) is 0 Å². The van der Waals surface area contributed by atoms with Crippen molar-refractivity contribution in [2.24, 2.45) is 0 Å². The monoisotopic (exact) mass is 182 g/mol. The van der Waals surface area contributed by atoms with Crippen LogP contribution in [-0.2, 0) is 0 Å². The molecule has 0 saturated heterocycles. The average Bonchev–Trinajstić information content (AvgIpc) is 2.20. The molecule has 0 aliphatic heterocycles. The second kappa shape index (κ2) is 3.54. The zero-order chi connectivity index (χ0) is 9.97. The van der Waals surface area contributed by atoms with Gasteiger partial charge in [0.25, 0.3) is 0 Å². The van der Waals surface area contributed by atoms with E-state index in [0.717, 1.165) is 0 Å². The summed E-state index contributed by atoms with van der Waals surface area (Å²) in [5.74, 6) is 0. The topological polar surface area (TPSA) is 23.8 Å². The summed E-state index contributed by atoms with van der Waals surface area (Å²) in [5.41, 5.74) is 11.7. The molecule has 1 radical (unpaired) electrons. The van der Waals surface area contributed by atoms with Crippen molar-refractivity contribution in [2.45, 2.75) is 6.92 Å². The standard InChI is InChI=1S/C13H12N/c1-10-4-2-3-5-13(10)11-6-8-12(14)9-7-11/h2-9,14H,1H3. The van der Waals surface area contributed by atoms with Crippen molar-refractivity contribution in [3.05, 3.63) is 54.1 Å². The fourth-order valence-corrected chi connectivity index (χ4v) is 1.55. The molecule has 0 heterocycles. The number of aryl methyl sites for hydroxylation is 1. The number of hydrogen-bond donors (Lipinski definition) is 0. The zero-order valence-electron chi connectivity index (χ0n) is 8.12. The van der Waals surface area contributed by atoms with Gasteiger partial charge in [-0.2, -0.15) is 0 Å². The lowest BCUT2D eigenvalue weighted by Gasteiger charge is -2.05. The minimum Gasteiger partial charge on any atom is -0.301 e. The highest BCUT2D eigenvalue weighted by molar-refractivity contribution is 5.68. The largest absolute Gasteiger partial charge is 0.301 e. The molecule has 1 heteroatoms. The Kier molecular flexibility index (Phi) is 2.23. The first kappa shape index (κ1) is 8.82. The summed E-state index contributed by atoms with van der Waals surface area (Å²) in [4.78, 5) is 0. The Labute approximate surface area is 84.2 Å². The van der Waals surface area contributed by atoms with E-state index in [1.165, 1.54) is 16.7 Å². The van der Waals surface area contributed by atoms with Gasteiger partial charge in [0.1, 0.15) is 0 Å². The first-order valence-corrected chi connectivity index (χ1v) is 4.65. The number of rotatable bonds is 1. The molecule has 0 aliphatic rings. The molecule has 0 atom stereocenters. The highest BCUT2D eigenvalue weighted by Crippen LogP contribution is 2.23. The zero-order valence-corrected chi connectivity index (χ0v) is 8.12. The Morgan fingerprint density at radius 1 is 0.857 bits per heavy atom. The van der Waals surface area contributed by atoms with Gasteiger partial charge in [-0.05, 0) is 35.7 Å². The van der Waals surface area contributed by atoms with Crippen LogP contribution in [0.4, 0.5) is 5.69 Å². The molecule has 14 heavy (non-hydrogen) atoms. The Balaban J connectivity index is 2.50. The van der Waals surface area contributed by atoms with Crippen LogP contribution in [0.3, 0.4) is 0 Å². The van der Waals surface area contributed by atoms with Crippen molar-refractivity contribution < 1.29 is 0 Å². The SMILES string of the molecule is Cc1ccccc1-c1ccc([NH])cc1. The lowest BCUT2D eigenvalue weighted by molar-refractivity contribution is 1.44. The minimum absolute atomic E-state index is 0.558. The van der Waals surface area contributed by atoms with Crippen LogP contribution in [0.1, 0.15) is 5.56 Å². The molecule has 2 rings (SSSR count). The van der Waals surface area contributed by atoms with E-state index >= 15 is 0 Å². The third-order valence-electron chi connectivity index (χ3n) is 2.34. The summed E-state index contributed by atoms with van der Waals surface area (Å²) in [5, 5.41) is 0. The van der Waals surface area contributed by atoms with Gasteiger partial charge < -0.3 is 5.73 Å². The fraction of sp³-hybridized carbons (Fsp3) is 0.0769. The van der Waals surface area contributed by atoms with E-state index in [0.29, 0.717) is 5.69 Å². The summed E-state index contributed by atoms with van der Waals surface area (Å²) < 4.78 is 0. The molecule has 0 aromatic heterocycles. The minimum atomic E-state index is 0.558. The summed E-state index contributed by atoms with van der Waals surface area (Å²) in [6.07, 6.45) is 0.